The van der Waals surface area contributed by atoms with Crippen LogP contribution < -0.4 is 25.3 Å². The van der Waals surface area contributed by atoms with Gasteiger partial charge in [-0.2, -0.15) is 15.0 Å². The van der Waals surface area contributed by atoms with E-state index in [4.69, 9.17) is 15.0 Å². The first-order valence-electron chi connectivity index (χ1n) is 19.3. The number of anilines is 3. The average Bonchev–Trinajstić information content (AvgIpc) is 3.02. The molecule has 2 fully saturated rings. The van der Waals surface area contributed by atoms with Crippen LogP contribution in [-0.4, -0.2) is 80.4 Å². The highest BCUT2D eigenvalue weighted by atomic mass is 15.4. The van der Waals surface area contributed by atoms with Crippen molar-refractivity contribution in [3.63, 3.8) is 0 Å². The topological polar surface area (TPSA) is 72.5 Å². The van der Waals surface area contributed by atoms with Gasteiger partial charge in [-0.3, -0.25) is 0 Å². The number of aromatic nitrogens is 3. The SMILES string of the molecule is CCC(C)(C)CCCC(C)(C)CN(c1nc(N(C)C)nc(N(CC(C)(C)CCCC(C)(C)CC)C2CCNCC2)n1)C1CCNCC1. The highest BCUT2D eigenvalue weighted by Gasteiger charge is 2.34. The van der Waals surface area contributed by atoms with Gasteiger partial charge in [0, 0.05) is 39.3 Å². The smallest absolute Gasteiger partial charge is 0.232 e. The van der Waals surface area contributed by atoms with Gasteiger partial charge >= 0.3 is 0 Å². The Hall–Kier alpha value is -1.67. The highest BCUT2D eigenvalue weighted by molar-refractivity contribution is 5.48. The Labute approximate surface area is 291 Å². The average molecular weight is 657 g/mol. The Kier molecular flexibility index (Phi) is 14.7. The van der Waals surface area contributed by atoms with Crippen LogP contribution in [0.2, 0.25) is 0 Å². The van der Waals surface area contributed by atoms with Gasteiger partial charge in [0.1, 0.15) is 0 Å². The minimum Gasteiger partial charge on any atom is -0.347 e. The number of rotatable bonds is 19. The summed E-state index contributed by atoms with van der Waals surface area (Å²) in [6.45, 7) is 30.3. The van der Waals surface area contributed by atoms with Crippen molar-refractivity contribution in [1.82, 2.24) is 25.6 Å². The summed E-state index contributed by atoms with van der Waals surface area (Å²) in [6, 6.07) is 0.858. The maximum absolute atomic E-state index is 5.46. The van der Waals surface area contributed by atoms with E-state index in [2.05, 4.69) is 109 Å². The molecule has 3 rings (SSSR count). The maximum Gasteiger partial charge on any atom is 0.232 e. The predicted octanol–water partition coefficient (Wildman–Crippen LogP) is 8.32. The van der Waals surface area contributed by atoms with Crippen LogP contribution in [0, 0.1) is 21.7 Å². The van der Waals surface area contributed by atoms with E-state index in [1.807, 2.05) is 0 Å². The lowest BCUT2D eigenvalue weighted by molar-refractivity contribution is 0.253. The molecule has 0 unspecified atom stereocenters. The van der Waals surface area contributed by atoms with E-state index in [-0.39, 0.29) is 10.8 Å². The van der Waals surface area contributed by atoms with Gasteiger partial charge in [0.15, 0.2) is 0 Å². The van der Waals surface area contributed by atoms with E-state index in [1.165, 1.54) is 51.4 Å². The molecular formula is C39H76N8. The molecule has 2 aliphatic rings. The van der Waals surface area contributed by atoms with Crippen LogP contribution >= 0.6 is 0 Å². The second kappa shape index (κ2) is 17.3. The molecule has 3 heterocycles. The molecule has 0 bridgehead atoms. The molecule has 0 atom stereocenters. The number of piperidine rings is 2. The molecule has 2 N–H and O–H groups in total. The van der Waals surface area contributed by atoms with Gasteiger partial charge in [-0.1, -0.05) is 94.9 Å². The lowest BCUT2D eigenvalue weighted by atomic mass is 9.80. The van der Waals surface area contributed by atoms with Crippen LogP contribution in [0.25, 0.3) is 0 Å². The normalized spacial score (nSPS) is 17.6. The van der Waals surface area contributed by atoms with Crippen LogP contribution in [0.3, 0.4) is 0 Å². The summed E-state index contributed by atoms with van der Waals surface area (Å²) in [6.07, 6.45) is 14.4. The molecule has 47 heavy (non-hydrogen) atoms. The van der Waals surface area contributed by atoms with Crippen molar-refractivity contribution in [3.8, 4) is 0 Å². The van der Waals surface area contributed by atoms with Crippen molar-refractivity contribution in [3.05, 3.63) is 0 Å². The van der Waals surface area contributed by atoms with Gasteiger partial charge in [-0.05, 0) is 99.2 Å². The Morgan fingerprint density at radius 2 is 0.851 bits per heavy atom. The second-order valence-electron chi connectivity index (χ2n) is 18.4. The van der Waals surface area contributed by atoms with E-state index in [1.54, 1.807) is 0 Å². The Bertz CT molecular complexity index is 977. The third kappa shape index (κ3) is 12.9. The summed E-state index contributed by atoms with van der Waals surface area (Å²) in [4.78, 5) is 23.1. The van der Waals surface area contributed by atoms with E-state index < -0.39 is 0 Å². The minimum absolute atomic E-state index is 0.156. The Morgan fingerprint density at radius 1 is 0.532 bits per heavy atom. The molecule has 0 amide bonds. The fraction of sp³-hybridized carbons (Fsp3) is 0.923. The number of nitrogens with zero attached hydrogens (tertiary/aromatic N) is 6. The van der Waals surface area contributed by atoms with Gasteiger partial charge in [0.2, 0.25) is 17.8 Å². The van der Waals surface area contributed by atoms with E-state index in [9.17, 15) is 0 Å². The van der Waals surface area contributed by atoms with Gasteiger partial charge in [0.25, 0.3) is 0 Å². The van der Waals surface area contributed by atoms with Gasteiger partial charge in [-0.15, -0.1) is 0 Å². The van der Waals surface area contributed by atoms with Gasteiger partial charge in [-0.25, -0.2) is 0 Å². The van der Waals surface area contributed by atoms with Gasteiger partial charge in [0.05, 0.1) is 0 Å². The lowest BCUT2D eigenvalue weighted by Crippen LogP contribution is -2.49. The summed E-state index contributed by atoms with van der Waals surface area (Å²) in [5, 5.41) is 7.19. The quantitative estimate of drug-likeness (QED) is 0.154. The first-order valence-corrected chi connectivity index (χ1v) is 19.3. The zero-order valence-corrected chi connectivity index (χ0v) is 33.1. The van der Waals surface area contributed by atoms with Crippen LogP contribution in [0.4, 0.5) is 17.8 Å². The molecule has 2 saturated heterocycles. The summed E-state index contributed by atoms with van der Waals surface area (Å²) in [5.74, 6) is 2.51. The van der Waals surface area contributed by atoms with Crippen molar-refractivity contribution in [1.29, 1.82) is 0 Å². The fourth-order valence-electron chi connectivity index (χ4n) is 7.29. The fourth-order valence-corrected chi connectivity index (χ4v) is 7.29. The lowest BCUT2D eigenvalue weighted by Gasteiger charge is -2.42. The van der Waals surface area contributed by atoms with Crippen molar-refractivity contribution >= 4 is 17.8 Å². The van der Waals surface area contributed by atoms with Crippen molar-refractivity contribution in [2.24, 2.45) is 21.7 Å². The number of nitrogens with one attached hydrogen (secondary N) is 2. The van der Waals surface area contributed by atoms with Crippen molar-refractivity contribution in [2.75, 3.05) is 68.1 Å². The molecular weight excluding hydrogens is 580 g/mol. The van der Waals surface area contributed by atoms with Gasteiger partial charge < -0.3 is 25.3 Å². The molecule has 272 valence electrons. The predicted molar refractivity (Wildman–Crippen MR) is 204 cm³/mol. The van der Waals surface area contributed by atoms with Crippen LogP contribution in [0.1, 0.15) is 146 Å². The molecule has 8 heteroatoms. The van der Waals surface area contributed by atoms with Crippen LogP contribution in [0.15, 0.2) is 0 Å². The number of hydrogen-bond donors (Lipinski definition) is 2. The Morgan fingerprint density at radius 3 is 1.17 bits per heavy atom. The van der Waals surface area contributed by atoms with Crippen molar-refractivity contribution in [2.45, 2.75) is 158 Å². The second-order valence-corrected chi connectivity index (χ2v) is 18.4. The molecule has 1 aromatic heterocycles. The summed E-state index contributed by atoms with van der Waals surface area (Å²) >= 11 is 0. The van der Waals surface area contributed by atoms with Crippen LogP contribution in [0.5, 0.6) is 0 Å². The van der Waals surface area contributed by atoms with E-state index >= 15 is 0 Å². The molecule has 0 radical (unpaired) electrons. The largest absolute Gasteiger partial charge is 0.347 e. The van der Waals surface area contributed by atoms with Crippen LogP contribution in [-0.2, 0) is 0 Å². The summed E-state index contributed by atoms with van der Waals surface area (Å²) in [7, 11) is 4.15. The van der Waals surface area contributed by atoms with Crippen molar-refractivity contribution < 1.29 is 0 Å². The van der Waals surface area contributed by atoms with E-state index in [0.717, 1.165) is 82.8 Å². The minimum atomic E-state index is 0.156. The third-order valence-electron chi connectivity index (χ3n) is 11.5. The molecule has 0 aliphatic carbocycles. The maximum atomic E-state index is 5.46. The molecule has 0 aromatic carbocycles. The monoisotopic (exact) mass is 657 g/mol. The molecule has 8 nitrogen and oxygen atoms in total. The molecule has 1 aromatic rings. The first kappa shape index (κ1) is 39.8. The standard InChI is InChI=1S/C39H76N8/c1-13-36(3,4)21-15-23-38(7,8)29-46(31-17-25-40-26-18-31)34-42-33(45(11)12)43-35(44-34)47(32-19-27-41-28-20-32)30-39(9,10)24-16-22-37(5,6)14-2/h31-32,40-41H,13-30H2,1-12H3. The highest BCUT2D eigenvalue weighted by Crippen LogP contribution is 2.36. The third-order valence-corrected chi connectivity index (χ3v) is 11.5. The first-order chi connectivity index (χ1) is 22.0. The molecule has 2 aliphatic heterocycles. The zero-order chi connectivity index (χ0) is 34.9. The van der Waals surface area contributed by atoms with E-state index in [0.29, 0.717) is 22.9 Å². The summed E-state index contributed by atoms with van der Waals surface area (Å²) in [5.41, 5.74) is 1.13. The zero-order valence-electron chi connectivity index (χ0n) is 33.1. The number of hydrogen-bond acceptors (Lipinski definition) is 8. The summed E-state index contributed by atoms with van der Waals surface area (Å²) < 4.78 is 0. The molecule has 0 spiro atoms. The Balaban J connectivity index is 1.98. The molecule has 0 saturated carbocycles.